The van der Waals surface area contributed by atoms with E-state index in [-0.39, 0.29) is 32.2 Å². The van der Waals surface area contributed by atoms with Crippen LogP contribution in [0.4, 0.5) is 0 Å². The molecule has 0 atom stereocenters. The zero-order valence-corrected chi connectivity index (χ0v) is 12.6. The van der Waals surface area contributed by atoms with E-state index in [4.69, 9.17) is 39.2 Å². The Bertz CT molecular complexity index is 899. The molecule has 1 N–H and O–H groups in total. The molecule has 0 unspecified atom stereocenters. The minimum atomic E-state index is -0.363. The van der Waals surface area contributed by atoms with Crippen LogP contribution >= 0.6 is 34.8 Å². The van der Waals surface area contributed by atoms with Crippen molar-refractivity contribution in [3.05, 3.63) is 61.7 Å². The van der Waals surface area contributed by atoms with Gasteiger partial charge in [0.1, 0.15) is 11.3 Å². The van der Waals surface area contributed by atoms with E-state index in [0.717, 1.165) is 0 Å². The lowest BCUT2D eigenvalue weighted by molar-refractivity contribution is 0.476. The highest BCUT2D eigenvalue weighted by Gasteiger charge is 2.15. The Morgan fingerprint density at radius 2 is 1.67 bits per heavy atom. The molecule has 0 saturated heterocycles. The minimum absolute atomic E-state index is 0.0175. The van der Waals surface area contributed by atoms with Crippen LogP contribution in [0.25, 0.3) is 22.3 Å². The molecule has 3 nitrogen and oxygen atoms in total. The van der Waals surface area contributed by atoms with E-state index in [9.17, 15) is 9.90 Å². The summed E-state index contributed by atoms with van der Waals surface area (Å²) in [7, 11) is 0. The first-order valence-electron chi connectivity index (χ1n) is 5.88. The second-order valence-electron chi connectivity index (χ2n) is 4.38. The molecule has 106 valence electrons. The summed E-state index contributed by atoms with van der Waals surface area (Å²) in [6.07, 6.45) is 0. The van der Waals surface area contributed by atoms with Gasteiger partial charge >= 0.3 is 0 Å². The van der Waals surface area contributed by atoms with Crippen molar-refractivity contribution in [2.75, 3.05) is 0 Å². The summed E-state index contributed by atoms with van der Waals surface area (Å²) in [4.78, 5) is 12.2. The van der Waals surface area contributed by atoms with E-state index >= 15 is 0 Å². The third-order valence-electron chi connectivity index (χ3n) is 3.02. The first-order chi connectivity index (χ1) is 9.97. The molecule has 0 aliphatic carbocycles. The van der Waals surface area contributed by atoms with Gasteiger partial charge in [0.15, 0.2) is 11.2 Å². The molecule has 3 rings (SSSR count). The monoisotopic (exact) mass is 340 g/mol. The van der Waals surface area contributed by atoms with Crippen LogP contribution in [0, 0.1) is 0 Å². The van der Waals surface area contributed by atoms with Gasteiger partial charge in [0.25, 0.3) is 0 Å². The van der Waals surface area contributed by atoms with Gasteiger partial charge in [-0.15, -0.1) is 0 Å². The van der Waals surface area contributed by atoms with Gasteiger partial charge in [-0.05, 0) is 24.3 Å². The van der Waals surface area contributed by atoms with Crippen LogP contribution in [0.5, 0.6) is 5.75 Å². The van der Waals surface area contributed by atoms with Crippen molar-refractivity contribution in [3.8, 4) is 17.1 Å². The molecule has 21 heavy (non-hydrogen) atoms. The molecular weight excluding hydrogens is 335 g/mol. The lowest BCUT2D eigenvalue weighted by Gasteiger charge is -2.07. The van der Waals surface area contributed by atoms with Crippen LogP contribution in [-0.2, 0) is 0 Å². The summed E-state index contributed by atoms with van der Waals surface area (Å²) in [6, 6.07) is 9.52. The molecule has 1 heterocycles. The van der Waals surface area contributed by atoms with E-state index < -0.39 is 0 Å². The molecule has 0 spiro atoms. The van der Waals surface area contributed by atoms with Crippen LogP contribution < -0.4 is 5.43 Å². The van der Waals surface area contributed by atoms with Gasteiger partial charge in [0.05, 0.1) is 15.4 Å². The topological polar surface area (TPSA) is 50.4 Å². The number of halogens is 3. The van der Waals surface area contributed by atoms with Gasteiger partial charge in [-0.1, -0.05) is 34.8 Å². The van der Waals surface area contributed by atoms with Gasteiger partial charge in [0.2, 0.25) is 0 Å². The first kappa shape index (κ1) is 14.3. The number of phenolic OH excluding ortho intramolecular Hbond substituents is 1. The summed E-state index contributed by atoms with van der Waals surface area (Å²) in [6.45, 7) is 0. The second kappa shape index (κ2) is 5.26. The highest BCUT2D eigenvalue weighted by molar-refractivity contribution is 6.40. The zero-order chi connectivity index (χ0) is 15.1. The Kier molecular flexibility index (Phi) is 3.57. The second-order valence-corrected chi connectivity index (χ2v) is 5.60. The minimum Gasteiger partial charge on any atom is -0.505 e. The highest BCUT2D eigenvalue weighted by atomic mass is 35.5. The number of benzene rings is 2. The van der Waals surface area contributed by atoms with Gasteiger partial charge < -0.3 is 9.52 Å². The predicted octanol–water partition coefficient (Wildman–Crippen LogP) is 5.13. The van der Waals surface area contributed by atoms with Crippen LogP contribution in [0.2, 0.25) is 15.1 Å². The summed E-state index contributed by atoms with van der Waals surface area (Å²) in [5, 5.41) is 10.3. The Balaban J connectivity index is 2.31. The van der Waals surface area contributed by atoms with Gasteiger partial charge in [-0.25, -0.2) is 0 Å². The van der Waals surface area contributed by atoms with Crippen molar-refractivity contribution in [2.45, 2.75) is 0 Å². The average molecular weight is 342 g/mol. The third kappa shape index (κ3) is 2.48. The Morgan fingerprint density at radius 1 is 1.00 bits per heavy atom. The molecule has 3 aromatic rings. The quantitative estimate of drug-likeness (QED) is 0.668. The summed E-state index contributed by atoms with van der Waals surface area (Å²) >= 11 is 17.6. The maximum absolute atomic E-state index is 12.2. The van der Waals surface area contributed by atoms with Crippen molar-refractivity contribution >= 4 is 45.8 Å². The number of rotatable bonds is 1. The van der Waals surface area contributed by atoms with Crippen LogP contribution in [0.3, 0.4) is 0 Å². The molecule has 0 fully saturated rings. The molecule has 0 aliphatic heterocycles. The number of aromatic hydroxyl groups is 1. The maximum atomic E-state index is 12.2. The largest absolute Gasteiger partial charge is 0.505 e. The molecule has 0 aliphatic rings. The lowest BCUT2D eigenvalue weighted by atomic mass is 10.1. The van der Waals surface area contributed by atoms with Gasteiger partial charge in [-0.3, -0.25) is 4.79 Å². The summed E-state index contributed by atoms with van der Waals surface area (Å²) in [5.74, 6) is 0.0272. The molecule has 0 radical (unpaired) electrons. The van der Waals surface area contributed by atoms with Crippen molar-refractivity contribution in [1.29, 1.82) is 0 Å². The molecule has 6 heteroatoms. The number of hydrogen-bond donors (Lipinski definition) is 1. The molecular formula is C15H7Cl3O3. The fraction of sp³-hybridized carbons (Fsp3) is 0. The van der Waals surface area contributed by atoms with E-state index in [1.807, 2.05) is 0 Å². The molecule has 0 amide bonds. The standard InChI is InChI=1S/C15H7Cl3O3/c16-8-3-1-7(2-4-8)11-6-10(19)13-12(21-11)5-9(17)15(20)14(13)18/h1-6,20H. The van der Waals surface area contributed by atoms with E-state index in [1.54, 1.807) is 24.3 Å². The summed E-state index contributed by atoms with van der Waals surface area (Å²) < 4.78 is 5.66. The Labute approximate surface area is 134 Å². The summed E-state index contributed by atoms with van der Waals surface area (Å²) in [5.41, 5.74) is 0.539. The SMILES string of the molecule is O=c1cc(-c2ccc(Cl)cc2)oc2cc(Cl)c(O)c(Cl)c12. The van der Waals surface area contributed by atoms with E-state index in [1.165, 1.54) is 12.1 Å². The van der Waals surface area contributed by atoms with Crippen molar-refractivity contribution in [2.24, 2.45) is 0 Å². The number of fused-ring (bicyclic) bond motifs is 1. The molecule has 0 saturated carbocycles. The smallest absolute Gasteiger partial charge is 0.194 e. The predicted molar refractivity (Wildman–Crippen MR) is 84.6 cm³/mol. The Hall–Kier alpha value is -1.68. The zero-order valence-electron chi connectivity index (χ0n) is 10.4. The Morgan fingerprint density at radius 3 is 2.33 bits per heavy atom. The van der Waals surface area contributed by atoms with E-state index in [2.05, 4.69) is 0 Å². The fourth-order valence-electron chi connectivity index (χ4n) is 1.99. The van der Waals surface area contributed by atoms with Crippen molar-refractivity contribution in [1.82, 2.24) is 0 Å². The average Bonchev–Trinajstić information content (AvgIpc) is 2.45. The lowest BCUT2D eigenvalue weighted by Crippen LogP contribution is -2.01. The van der Waals surface area contributed by atoms with Gasteiger partial charge in [-0.2, -0.15) is 0 Å². The third-order valence-corrected chi connectivity index (χ3v) is 3.92. The van der Waals surface area contributed by atoms with Gasteiger partial charge in [0, 0.05) is 22.7 Å². The molecule has 0 bridgehead atoms. The van der Waals surface area contributed by atoms with Crippen molar-refractivity contribution in [3.63, 3.8) is 0 Å². The van der Waals surface area contributed by atoms with Crippen LogP contribution in [0.1, 0.15) is 0 Å². The van der Waals surface area contributed by atoms with E-state index in [0.29, 0.717) is 16.3 Å². The highest BCUT2D eigenvalue weighted by Crippen LogP contribution is 2.37. The van der Waals surface area contributed by atoms with Crippen LogP contribution in [-0.4, -0.2) is 5.11 Å². The van der Waals surface area contributed by atoms with Crippen LogP contribution in [0.15, 0.2) is 45.6 Å². The maximum Gasteiger partial charge on any atom is 0.194 e. The normalized spacial score (nSPS) is 11.0. The number of phenols is 1. The fourth-order valence-corrected chi connectivity index (χ4v) is 2.65. The molecule has 1 aromatic heterocycles. The van der Waals surface area contributed by atoms with Crippen molar-refractivity contribution < 1.29 is 9.52 Å². The molecule has 2 aromatic carbocycles. The number of hydrogen-bond acceptors (Lipinski definition) is 3. The first-order valence-corrected chi connectivity index (χ1v) is 7.01.